The van der Waals surface area contributed by atoms with Crippen molar-refractivity contribution in [2.45, 2.75) is 6.04 Å². The number of hydrogen-bond donors (Lipinski definition) is 0. The lowest BCUT2D eigenvalue weighted by Gasteiger charge is -2.22. The van der Waals surface area contributed by atoms with Crippen LogP contribution in [0.5, 0.6) is 0 Å². The summed E-state index contributed by atoms with van der Waals surface area (Å²) < 4.78 is 4.74. The molecule has 0 N–H and O–H groups in total. The summed E-state index contributed by atoms with van der Waals surface area (Å²) in [7, 11) is 3.12. The monoisotopic (exact) mass is 279 g/mol. The number of nitrogens with zero attached hydrogens (tertiary/aromatic N) is 3. The summed E-state index contributed by atoms with van der Waals surface area (Å²) in [5.41, 5.74) is 2.96. The van der Waals surface area contributed by atoms with E-state index in [1.165, 1.54) is 18.4 Å². The average Bonchev–Trinajstić information content (AvgIpc) is 3.00. The molecule has 1 unspecified atom stereocenters. The largest absolute Gasteiger partial charge is 0.464 e. The number of methoxy groups -OCH3 is 1. The van der Waals surface area contributed by atoms with Gasteiger partial charge >= 0.3 is 12.0 Å². The van der Waals surface area contributed by atoms with E-state index in [1.807, 2.05) is 6.08 Å². The maximum atomic E-state index is 11.9. The summed E-state index contributed by atoms with van der Waals surface area (Å²) in [5, 5.41) is 0. The fourth-order valence-electron chi connectivity index (χ4n) is 2.51. The predicted molar refractivity (Wildman–Crippen MR) is 70.0 cm³/mol. The molecule has 1 aromatic rings. The van der Waals surface area contributed by atoms with Crippen LogP contribution < -0.4 is 0 Å². The van der Waals surface area contributed by atoms with Crippen LogP contribution in [0.25, 0.3) is 5.57 Å². The molecule has 100 valence electrons. The topological polar surface area (TPSA) is 62.7 Å². The number of hydrogen-bond acceptors (Lipinski definition) is 5. The van der Waals surface area contributed by atoms with Crippen LogP contribution in [0, 0.1) is 0 Å². The van der Waals surface area contributed by atoms with E-state index in [4.69, 9.17) is 4.74 Å². The fraction of sp³-hybridized carbons (Fsp3) is 0.417. The Morgan fingerprint density at radius 1 is 1.58 bits per heavy atom. The Morgan fingerprint density at radius 2 is 2.37 bits per heavy atom. The van der Waals surface area contributed by atoms with Crippen LogP contribution in [0.15, 0.2) is 11.6 Å². The molecule has 1 aromatic heterocycles. The third kappa shape index (κ3) is 1.73. The number of carbonyl (C=O) groups is 2. The van der Waals surface area contributed by atoms with Gasteiger partial charge in [0.1, 0.15) is 0 Å². The van der Waals surface area contributed by atoms with Crippen LogP contribution in [-0.4, -0.2) is 60.1 Å². The van der Waals surface area contributed by atoms with Gasteiger partial charge in [0.15, 0.2) is 5.69 Å². The number of ether oxygens (including phenoxy) is 1. The number of carbonyl (C=O) groups excluding carboxylic acids is 2. The number of esters is 1. The van der Waals surface area contributed by atoms with Crippen molar-refractivity contribution in [2.75, 3.05) is 27.2 Å². The molecule has 0 radical (unpaired) electrons. The maximum absolute atomic E-state index is 11.9. The first-order valence-corrected chi connectivity index (χ1v) is 6.75. The summed E-state index contributed by atoms with van der Waals surface area (Å²) in [6.45, 7) is 1.24. The van der Waals surface area contributed by atoms with E-state index < -0.39 is 5.97 Å². The summed E-state index contributed by atoms with van der Waals surface area (Å²) in [6.07, 6.45) is 2.00. The van der Waals surface area contributed by atoms with Gasteiger partial charge in [-0.1, -0.05) is 6.08 Å². The molecule has 2 bridgehead atoms. The first-order chi connectivity index (χ1) is 9.13. The zero-order valence-electron chi connectivity index (χ0n) is 10.6. The van der Waals surface area contributed by atoms with Crippen molar-refractivity contribution in [3.8, 4) is 0 Å². The lowest BCUT2D eigenvalue weighted by molar-refractivity contribution is 0.0594. The summed E-state index contributed by atoms with van der Waals surface area (Å²) in [6, 6.07) is 0.0190. The van der Waals surface area contributed by atoms with E-state index in [9.17, 15) is 9.59 Å². The van der Waals surface area contributed by atoms with Gasteiger partial charge in [0.25, 0.3) is 0 Å². The number of urea groups is 1. The highest BCUT2D eigenvalue weighted by Gasteiger charge is 2.41. The molecule has 1 saturated heterocycles. The van der Waals surface area contributed by atoms with Crippen LogP contribution in [0.4, 0.5) is 4.79 Å². The number of thiazole rings is 1. The van der Waals surface area contributed by atoms with Gasteiger partial charge in [0.2, 0.25) is 0 Å². The molecule has 0 spiro atoms. The highest BCUT2D eigenvalue weighted by molar-refractivity contribution is 7.11. The summed E-state index contributed by atoms with van der Waals surface area (Å²) in [5.74, 6) is -0.438. The number of aromatic nitrogens is 1. The smallest absolute Gasteiger partial charge is 0.358 e. The molecule has 0 aliphatic carbocycles. The second kappa shape index (κ2) is 4.34. The molecule has 0 aromatic carbocycles. The quantitative estimate of drug-likeness (QED) is 0.760. The Morgan fingerprint density at radius 3 is 3.11 bits per heavy atom. The van der Waals surface area contributed by atoms with E-state index in [2.05, 4.69) is 4.98 Å². The fourth-order valence-corrected chi connectivity index (χ4v) is 3.37. The van der Waals surface area contributed by atoms with Crippen LogP contribution in [-0.2, 0) is 4.74 Å². The minimum Gasteiger partial charge on any atom is -0.464 e. The molecule has 0 saturated carbocycles. The average molecular weight is 279 g/mol. The van der Waals surface area contributed by atoms with Gasteiger partial charge in [0, 0.05) is 20.1 Å². The van der Waals surface area contributed by atoms with Gasteiger partial charge in [0.05, 0.1) is 23.5 Å². The van der Waals surface area contributed by atoms with Crippen LogP contribution in [0.1, 0.15) is 15.4 Å². The molecular formula is C12H13N3O3S. The SMILES string of the molecule is COC(=O)c1ncsc1C1=CCN2CC1N(C)C2=O. The predicted octanol–water partition coefficient (Wildman–Crippen LogP) is 1.06. The minimum atomic E-state index is -0.438. The maximum Gasteiger partial charge on any atom is 0.358 e. The van der Waals surface area contributed by atoms with E-state index in [0.717, 1.165) is 10.5 Å². The summed E-state index contributed by atoms with van der Waals surface area (Å²) in [4.78, 5) is 32.0. The number of fused-ring (bicyclic) bond motifs is 2. The molecule has 7 heteroatoms. The summed E-state index contributed by atoms with van der Waals surface area (Å²) >= 11 is 1.40. The molecule has 2 aliphatic rings. The molecule has 19 heavy (non-hydrogen) atoms. The standard InChI is InChI=1S/C12H13N3O3S/c1-14-8-5-15(12(14)17)4-3-7(8)10-9(11(16)18-2)13-6-19-10/h3,6,8H,4-5H2,1-2H3. The van der Waals surface area contributed by atoms with Gasteiger partial charge in [-0.25, -0.2) is 14.6 Å². The lowest BCUT2D eigenvalue weighted by atomic mass is 10.0. The third-order valence-electron chi connectivity index (χ3n) is 3.53. The molecule has 2 amide bonds. The Balaban J connectivity index is 2.00. The molecule has 3 rings (SSSR count). The van der Waals surface area contributed by atoms with Crippen LogP contribution >= 0.6 is 11.3 Å². The Kier molecular flexibility index (Phi) is 2.78. The first-order valence-electron chi connectivity index (χ1n) is 5.87. The van der Waals surface area contributed by atoms with E-state index >= 15 is 0 Å². The Hall–Kier alpha value is -1.89. The van der Waals surface area contributed by atoms with Crippen molar-refractivity contribution in [1.29, 1.82) is 0 Å². The van der Waals surface area contributed by atoms with Crippen molar-refractivity contribution >= 4 is 28.9 Å². The Bertz CT molecular complexity index is 581. The first kappa shape index (κ1) is 12.2. The van der Waals surface area contributed by atoms with Gasteiger partial charge in [-0.2, -0.15) is 0 Å². The highest BCUT2D eigenvalue weighted by Crippen LogP contribution is 2.35. The van der Waals surface area contributed by atoms with Crippen LogP contribution in [0.2, 0.25) is 0 Å². The Labute approximate surface area is 114 Å². The van der Waals surface area contributed by atoms with E-state index in [-0.39, 0.29) is 12.1 Å². The molecular weight excluding hydrogens is 266 g/mol. The highest BCUT2D eigenvalue weighted by atomic mass is 32.1. The minimum absolute atomic E-state index is 0.00916. The molecule has 3 heterocycles. The second-order valence-corrected chi connectivity index (χ2v) is 5.35. The van der Waals surface area contributed by atoms with Crippen molar-refractivity contribution in [2.24, 2.45) is 0 Å². The van der Waals surface area contributed by atoms with E-state index in [1.54, 1.807) is 22.4 Å². The van der Waals surface area contributed by atoms with Crippen LogP contribution in [0.3, 0.4) is 0 Å². The van der Waals surface area contributed by atoms with Crippen molar-refractivity contribution in [3.63, 3.8) is 0 Å². The van der Waals surface area contributed by atoms with Gasteiger partial charge in [-0.05, 0) is 5.57 Å². The normalized spacial score (nSPS) is 21.7. The zero-order valence-corrected chi connectivity index (χ0v) is 11.4. The molecule has 2 aliphatic heterocycles. The number of amides is 2. The van der Waals surface area contributed by atoms with E-state index in [0.29, 0.717) is 18.8 Å². The molecule has 1 fully saturated rings. The number of rotatable bonds is 2. The lowest BCUT2D eigenvalue weighted by Crippen LogP contribution is -2.30. The van der Waals surface area contributed by atoms with Gasteiger partial charge in [-0.3, -0.25) is 0 Å². The van der Waals surface area contributed by atoms with Crippen molar-refractivity contribution in [1.82, 2.24) is 14.8 Å². The second-order valence-electron chi connectivity index (χ2n) is 4.50. The third-order valence-corrected chi connectivity index (χ3v) is 4.41. The molecule has 1 atom stereocenters. The number of likely N-dealkylation sites (N-methyl/N-ethyl adjacent to an activating group) is 1. The zero-order chi connectivity index (χ0) is 13.6. The molecule has 6 nitrogen and oxygen atoms in total. The van der Waals surface area contributed by atoms with Crippen molar-refractivity contribution in [3.05, 3.63) is 22.2 Å². The van der Waals surface area contributed by atoms with Gasteiger partial charge in [-0.15, -0.1) is 11.3 Å². The van der Waals surface area contributed by atoms with Gasteiger partial charge < -0.3 is 14.5 Å². The van der Waals surface area contributed by atoms with Crippen molar-refractivity contribution < 1.29 is 14.3 Å².